The summed E-state index contributed by atoms with van der Waals surface area (Å²) in [7, 11) is -1.23. The number of carbonyl (C=O) groups is 2. The number of methoxy groups -OCH3 is 1. The fraction of sp³-hybridized carbons (Fsp3) is 0.440. The number of rotatable bonds is 6. The molecule has 188 valence electrons. The van der Waals surface area contributed by atoms with Gasteiger partial charge in [0.2, 0.25) is 0 Å². The van der Waals surface area contributed by atoms with Gasteiger partial charge in [0.05, 0.1) is 13.2 Å². The van der Waals surface area contributed by atoms with E-state index in [4.69, 9.17) is 4.74 Å². The molecule has 0 spiro atoms. The Morgan fingerprint density at radius 1 is 1.12 bits per heavy atom. The summed E-state index contributed by atoms with van der Waals surface area (Å²) in [6.45, 7) is 0.614. The van der Waals surface area contributed by atoms with Crippen molar-refractivity contribution in [2.45, 2.75) is 23.5 Å². The standard InChI is InChI=1S/C25H36FN3O4S/c1-33-20-10-7-17(8-11-20)23(28-25(32)29-14-13-19(30)16-29)24(31)27-18-9-12-22(21(26)15-18)34(2,3,4,5)6/h7-12,15,19,23,30H,13-14,16H2,1-6H3,(H,27,31)(H,28,32)/t19-,23?/m0/s1. The summed E-state index contributed by atoms with van der Waals surface area (Å²) >= 11 is 0. The first-order valence-electron chi connectivity index (χ1n) is 11.1. The second-order valence-electron chi connectivity index (χ2n) is 11.8. The third-order valence-electron chi connectivity index (χ3n) is 5.73. The van der Waals surface area contributed by atoms with Crippen LogP contribution in [0.3, 0.4) is 0 Å². The van der Waals surface area contributed by atoms with Gasteiger partial charge in [-0.05, 0) is 73.6 Å². The van der Waals surface area contributed by atoms with Gasteiger partial charge in [0.15, 0.2) is 0 Å². The van der Waals surface area contributed by atoms with Crippen LogP contribution in [0.2, 0.25) is 0 Å². The average molecular weight is 494 g/mol. The van der Waals surface area contributed by atoms with Crippen molar-refractivity contribution in [1.29, 1.82) is 0 Å². The van der Waals surface area contributed by atoms with Gasteiger partial charge < -0.3 is 25.4 Å². The molecule has 1 saturated heterocycles. The molecule has 34 heavy (non-hydrogen) atoms. The predicted molar refractivity (Wildman–Crippen MR) is 137 cm³/mol. The number of hydrogen-bond donors (Lipinski definition) is 3. The first kappa shape index (κ1) is 25.8. The zero-order valence-corrected chi connectivity index (χ0v) is 21.5. The van der Waals surface area contributed by atoms with E-state index in [1.165, 1.54) is 11.0 Å². The summed E-state index contributed by atoms with van der Waals surface area (Å²) in [6.07, 6.45) is 10.3. The highest BCUT2D eigenvalue weighted by Crippen LogP contribution is 2.81. The maximum Gasteiger partial charge on any atom is 0.318 e. The number of benzene rings is 2. The maximum atomic E-state index is 15.1. The summed E-state index contributed by atoms with van der Waals surface area (Å²) in [5.74, 6) is -0.274. The van der Waals surface area contributed by atoms with E-state index in [9.17, 15) is 14.7 Å². The highest BCUT2D eigenvalue weighted by molar-refractivity contribution is 8.62. The highest BCUT2D eigenvalue weighted by atomic mass is 32.4. The molecule has 0 radical (unpaired) electrons. The van der Waals surface area contributed by atoms with Gasteiger partial charge in [0.25, 0.3) is 5.91 Å². The molecule has 3 N–H and O–H groups in total. The number of hydrogen-bond acceptors (Lipinski definition) is 4. The summed E-state index contributed by atoms with van der Waals surface area (Å²) in [6, 6.07) is 10.0. The number of anilines is 1. The summed E-state index contributed by atoms with van der Waals surface area (Å²) in [4.78, 5) is 28.1. The third-order valence-corrected chi connectivity index (χ3v) is 8.26. The van der Waals surface area contributed by atoms with E-state index in [1.807, 2.05) is 0 Å². The number of ether oxygens (including phenoxy) is 1. The molecule has 1 aliphatic rings. The Kier molecular flexibility index (Phi) is 6.43. The van der Waals surface area contributed by atoms with Crippen LogP contribution in [-0.4, -0.2) is 79.5 Å². The van der Waals surface area contributed by atoms with Crippen molar-refractivity contribution in [3.8, 4) is 5.75 Å². The smallest absolute Gasteiger partial charge is 0.318 e. The molecule has 2 atom stereocenters. The summed E-state index contributed by atoms with van der Waals surface area (Å²) in [5.41, 5.74) is 0.849. The van der Waals surface area contributed by atoms with Crippen LogP contribution in [-0.2, 0) is 4.79 Å². The van der Waals surface area contributed by atoms with E-state index >= 15 is 4.39 Å². The number of carbonyl (C=O) groups excluding carboxylic acids is 2. The molecule has 0 aromatic heterocycles. The minimum Gasteiger partial charge on any atom is -0.497 e. The maximum absolute atomic E-state index is 15.1. The molecule has 7 nitrogen and oxygen atoms in total. The lowest BCUT2D eigenvalue weighted by molar-refractivity contribution is -0.118. The van der Waals surface area contributed by atoms with Crippen molar-refractivity contribution in [3.63, 3.8) is 0 Å². The number of aliphatic hydroxyl groups is 1. The second kappa shape index (κ2) is 8.46. The van der Waals surface area contributed by atoms with Gasteiger partial charge in [-0.1, -0.05) is 12.1 Å². The highest BCUT2D eigenvalue weighted by Gasteiger charge is 2.41. The Balaban J connectivity index is 1.86. The van der Waals surface area contributed by atoms with Crippen LogP contribution in [0.4, 0.5) is 14.9 Å². The monoisotopic (exact) mass is 493 g/mol. The second-order valence-corrected chi connectivity index (χ2v) is 22.4. The Bertz CT molecular complexity index is 1080. The van der Waals surface area contributed by atoms with E-state index in [-0.39, 0.29) is 12.4 Å². The molecule has 3 rings (SSSR count). The number of nitrogens with one attached hydrogen (secondary N) is 2. The molecule has 1 aliphatic heterocycles. The van der Waals surface area contributed by atoms with Gasteiger partial charge in [-0.3, -0.25) is 13.1 Å². The number of nitrogens with zero attached hydrogens (tertiary/aromatic N) is 1. The SMILES string of the molecule is COc1ccc(C(NC(=O)N2CC[C@H](O)C2)C(=O)Nc2ccc(S(C)(C)(C)(C)C)c(F)c2)cc1. The largest absolute Gasteiger partial charge is 0.497 e. The normalized spacial score (nSPS) is 19.1. The van der Waals surface area contributed by atoms with Crippen molar-refractivity contribution in [2.24, 2.45) is 0 Å². The fourth-order valence-corrected chi connectivity index (χ4v) is 5.64. The Morgan fingerprint density at radius 3 is 2.26 bits per heavy atom. The molecule has 2 aromatic carbocycles. The Labute approximate surface area is 199 Å². The van der Waals surface area contributed by atoms with Gasteiger partial charge in [-0.25, -0.2) is 9.18 Å². The minimum absolute atomic E-state index is 0.209. The first-order valence-corrected chi connectivity index (χ1v) is 15.6. The average Bonchev–Trinajstić information content (AvgIpc) is 3.16. The number of aliphatic hydroxyl groups excluding tert-OH is 1. The molecule has 3 amide bonds. The van der Waals surface area contributed by atoms with Crippen molar-refractivity contribution in [1.82, 2.24) is 10.2 Å². The van der Waals surface area contributed by atoms with Crippen molar-refractivity contribution >= 4 is 25.9 Å². The van der Waals surface area contributed by atoms with Crippen molar-refractivity contribution in [2.75, 3.05) is 56.8 Å². The number of likely N-dealkylation sites (tertiary alicyclic amines) is 1. The van der Waals surface area contributed by atoms with E-state index in [1.54, 1.807) is 43.5 Å². The Hall–Kier alpha value is -2.78. The zero-order chi connectivity index (χ0) is 25.4. The number of amides is 3. The molecule has 2 aromatic rings. The van der Waals surface area contributed by atoms with Crippen molar-refractivity contribution in [3.05, 3.63) is 53.8 Å². The van der Waals surface area contributed by atoms with Crippen molar-refractivity contribution < 1.29 is 23.8 Å². The number of β-amino-alcohol motifs (C(OH)–C–C–N with tert-alkyl or cyclic N) is 1. The molecular formula is C25H36FN3O4S. The third kappa shape index (κ3) is 6.21. The molecule has 9 heteroatoms. The van der Waals surface area contributed by atoms with Crippen LogP contribution in [0.1, 0.15) is 18.0 Å². The molecule has 0 aliphatic carbocycles. The van der Waals surface area contributed by atoms with E-state index in [0.717, 1.165) is 0 Å². The minimum atomic E-state index is -2.77. The van der Waals surface area contributed by atoms with Crippen LogP contribution in [0, 0.1) is 5.82 Å². The van der Waals surface area contributed by atoms with E-state index in [0.29, 0.717) is 34.9 Å². The van der Waals surface area contributed by atoms with Crippen LogP contribution >= 0.6 is 8.29 Å². The quantitative estimate of drug-likeness (QED) is 0.573. The molecule has 0 saturated carbocycles. The van der Waals surface area contributed by atoms with Crippen LogP contribution in [0.25, 0.3) is 0 Å². The predicted octanol–water partition coefficient (Wildman–Crippen LogP) is 3.67. The van der Waals surface area contributed by atoms with Gasteiger partial charge in [0, 0.05) is 23.7 Å². The lowest BCUT2D eigenvalue weighted by Crippen LogP contribution is -2.44. The van der Waals surface area contributed by atoms with E-state index < -0.39 is 32.4 Å². The van der Waals surface area contributed by atoms with Crippen LogP contribution in [0.5, 0.6) is 5.75 Å². The summed E-state index contributed by atoms with van der Waals surface area (Å²) < 4.78 is 20.3. The Morgan fingerprint density at radius 2 is 1.76 bits per heavy atom. The van der Waals surface area contributed by atoms with Gasteiger partial charge in [-0.15, -0.1) is 0 Å². The van der Waals surface area contributed by atoms with Crippen LogP contribution in [0.15, 0.2) is 47.4 Å². The van der Waals surface area contributed by atoms with E-state index in [2.05, 4.69) is 41.9 Å². The van der Waals surface area contributed by atoms with Crippen LogP contribution < -0.4 is 15.4 Å². The molecule has 1 fully saturated rings. The number of urea groups is 1. The zero-order valence-electron chi connectivity index (χ0n) is 20.7. The first-order chi connectivity index (χ1) is 15.6. The van der Waals surface area contributed by atoms with Gasteiger partial charge in [0.1, 0.15) is 17.6 Å². The molecule has 0 bridgehead atoms. The van der Waals surface area contributed by atoms with Gasteiger partial charge in [-0.2, -0.15) is 0 Å². The molecule has 1 heterocycles. The fourth-order valence-electron chi connectivity index (χ4n) is 3.86. The topological polar surface area (TPSA) is 90.9 Å². The molecule has 1 unspecified atom stereocenters. The number of halogens is 1. The lowest BCUT2D eigenvalue weighted by atomic mass is 10.1. The molecular weight excluding hydrogens is 457 g/mol. The summed E-state index contributed by atoms with van der Waals surface area (Å²) in [5, 5.41) is 15.2. The lowest BCUT2D eigenvalue weighted by Gasteiger charge is -2.66. The van der Waals surface area contributed by atoms with Gasteiger partial charge >= 0.3 is 6.03 Å².